The van der Waals surface area contributed by atoms with E-state index in [2.05, 4.69) is 25.4 Å². The van der Waals surface area contributed by atoms with Crippen molar-refractivity contribution >= 4 is 47.2 Å². The van der Waals surface area contributed by atoms with Crippen LogP contribution in [0, 0.1) is 5.92 Å². The molecule has 2 saturated heterocycles. The Morgan fingerprint density at radius 1 is 1.19 bits per heavy atom. The molecule has 2 aliphatic rings. The number of guanidine groups is 1. The van der Waals surface area contributed by atoms with Crippen LogP contribution in [-0.4, -0.2) is 84.0 Å². The van der Waals surface area contributed by atoms with E-state index in [0.717, 1.165) is 74.7 Å². The largest absolute Gasteiger partial charge is 0.495 e. The molecule has 2 N–H and O–H groups in total. The lowest BCUT2D eigenvalue weighted by Crippen LogP contribution is -2.47. The molecule has 0 amide bonds. The van der Waals surface area contributed by atoms with Gasteiger partial charge in [0.05, 0.1) is 19.4 Å². The van der Waals surface area contributed by atoms with Crippen LogP contribution >= 0.6 is 35.6 Å². The molecule has 1 aromatic rings. The molecule has 9 heteroatoms. The summed E-state index contributed by atoms with van der Waals surface area (Å²) < 4.78 is 10.7. The molecule has 176 valence electrons. The highest BCUT2D eigenvalue weighted by Gasteiger charge is 2.26. The van der Waals surface area contributed by atoms with Crippen molar-refractivity contribution in [1.82, 2.24) is 15.5 Å². The molecule has 2 heterocycles. The van der Waals surface area contributed by atoms with Gasteiger partial charge in [0, 0.05) is 51.4 Å². The molecule has 3 rings (SSSR count). The van der Waals surface area contributed by atoms with Gasteiger partial charge in [0.25, 0.3) is 0 Å². The van der Waals surface area contributed by atoms with Gasteiger partial charge in [-0.25, -0.2) is 0 Å². The summed E-state index contributed by atoms with van der Waals surface area (Å²) in [5.41, 5.74) is 1.05. The number of benzene rings is 1. The molecule has 0 saturated carbocycles. The highest BCUT2D eigenvalue weighted by Crippen LogP contribution is 2.33. The van der Waals surface area contributed by atoms with Crippen molar-refractivity contribution < 1.29 is 9.47 Å². The maximum absolute atomic E-state index is 6.21. The number of piperidine rings is 1. The van der Waals surface area contributed by atoms with Crippen LogP contribution in [0.3, 0.4) is 0 Å². The maximum Gasteiger partial charge on any atom is 0.191 e. The number of likely N-dealkylation sites (tertiary alicyclic amines) is 1. The van der Waals surface area contributed by atoms with Gasteiger partial charge in [0.15, 0.2) is 5.96 Å². The zero-order valence-corrected chi connectivity index (χ0v) is 22.0. The highest BCUT2D eigenvalue weighted by molar-refractivity contribution is 14.0. The fourth-order valence-corrected chi connectivity index (χ4v) is 4.44. The number of methoxy groups -OCH3 is 2. The molecule has 0 bridgehead atoms. The van der Waals surface area contributed by atoms with Gasteiger partial charge in [0.2, 0.25) is 0 Å². The highest BCUT2D eigenvalue weighted by atomic mass is 127. The smallest absolute Gasteiger partial charge is 0.191 e. The second kappa shape index (κ2) is 13.5. The number of nitrogens with zero attached hydrogens (tertiary/aromatic N) is 3. The molecular formula is C22H37ClIN5O2. The van der Waals surface area contributed by atoms with Gasteiger partial charge in [-0.3, -0.25) is 4.99 Å². The molecule has 0 aromatic heterocycles. The molecule has 7 nitrogen and oxygen atoms in total. The molecule has 1 aromatic carbocycles. The molecule has 0 spiro atoms. The molecular weight excluding hydrogens is 529 g/mol. The summed E-state index contributed by atoms with van der Waals surface area (Å²) in [6, 6.07) is 6.12. The Balaban J connectivity index is 0.00000341. The minimum atomic E-state index is 0. The van der Waals surface area contributed by atoms with E-state index in [1.54, 1.807) is 14.2 Å². The van der Waals surface area contributed by atoms with Crippen LogP contribution in [0.5, 0.6) is 5.75 Å². The molecule has 2 fully saturated rings. The number of aliphatic imine (C=N–C) groups is 1. The molecule has 1 unspecified atom stereocenters. The van der Waals surface area contributed by atoms with E-state index in [9.17, 15) is 0 Å². The number of nitrogens with one attached hydrogen (secondary N) is 2. The Morgan fingerprint density at radius 3 is 2.65 bits per heavy atom. The zero-order valence-electron chi connectivity index (χ0n) is 18.9. The van der Waals surface area contributed by atoms with Crippen molar-refractivity contribution in [3.8, 4) is 5.75 Å². The number of hydrogen-bond donors (Lipinski definition) is 2. The van der Waals surface area contributed by atoms with Gasteiger partial charge in [0.1, 0.15) is 5.75 Å². The topological polar surface area (TPSA) is 61.4 Å². The molecule has 0 radical (unpaired) electrons. The normalized spacial score (nSPS) is 20.5. The summed E-state index contributed by atoms with van der Waals surface area (Å²) in [5.74, 6) is 2.44. The van der Waals surface area contributed by atoms with E-state index in [4.69, 9.17) is 21.1 Å². The summed E-state index contributed by atoms with van der Waals surface area (Å²) in [4.78, 5) is 9.26. The Bertz CT molecular complexity index is 700. The lowest BCUT2D eigenvalue weighted by atomic mass is 9.97. The van der Waals surface area contributed by atoms with Crippen LogP contribution in [-0.2, 0) is 4.74 Å². The van der Waals surface area contributed by atoms with Gasteiger partial charge in [-0.15, -0.1) is 24.0 Å². The first kappa shape index (κ1) is 26.3. The van der Waals surface area contributed by atoms with Crippen LogP contribution < -0.4 is 20.3 Å². The van der Waals surface area contributed by atoms with Crippen molar-refractivity contribution in [1.29, 1.82) is 0 Å². The lowest BCUT2D eigenvalue weighted by Gasteiger charge is -2.32. The number of hydrogen-bond acceptors (Lipinski definition) is 5. The summed E-state index contributed by atoms with van der Waals surface area (Å²) in [6.45, 7) is 6.99. The second-order valence-electron chi connectivity index (χ2n) is 8.12. The number of anilines is 1. The predicted octanol–water partition coefficient (Wildman–Crippen LogP) is 3.07. The SMILES string of the molecule is CN=C(NCC1CCN(CCOC)CC1)NC1CCN(c2cc(Cl)ccc2OC)C1.I. The van der Waals surface area contributed by atoms with Crippen molar-refractivity contribution in [3.63, 3.8) is 0 Å². The Kier molecular flexibility index (Phi) is 11.5. The van der Waals surface area contributed by atoms with Gasteiger partial charge < -0.3 is 29.9 Å². The first-order valence-electron chi connectivity index (χ1n) is 10.9. The quantitative estimate of drug-likeness (QED) is 0.287. The number of halogens is 2. The van der Waals surface area contributed by atoms with Crippen LogP contribution in [0.4, 0.5) is 5.69 Å². The first-order chi connectivity index (χ1) is 14.6. The average Bonchev–Trinajstić information content (AvgIpc) is 3.24. The first-order valence-corrected chi connectivity index (χ1v) is 11.3. The van der Waals surface area contributed by atoms with Crippen LogP contribution in [0.1, 0.15) is 19.3 Å². The Labute approximate surface area is 208 Å². The van der Waals surface area contributed by atoms with Gasteiger partial charge >= 0.3 is 0 Å². The third-order valence-electron chi connectivity index (χ3n) is 6.11. The van der Waals surface area contributed by atoms with Crippen molar-refractivity contribution in [2.45, 2.75) is 25.3 Å². The van der Waals surface area contributed by atoms with E-state index in [1.165, 1.54) is 12.8 Å². The zero-order chi connectivity index (χ0) is 21.3. The van der Waals surface area contributed by atoms with Crippen molar-refractivity contribution in [2.24, 2.45) is 10.9 Å². The molecule has 0 aliphatic carbocycles. The Morgan fingerprint density at radius 2 is 1.97 bits per heavy atom. The summed E-state index contributed by atoms with van der Waals surface area (Å²) in [5, 5.41) is 7.86. The number of ether oxygens (including phenoxy) is 2. The van der Waals surface area contributed by atoms with Crippen molar-refractivity contribution in [3.05, 3.63) is 23.2 Å². The van der Waals surface area contributed by atoms with Crippen LogP contribution in [0.2, 0.25) is 5.02 Å². The van der Waals surface area contributed by atoms with Gasteiger partial charge in [-0.1, -0.05) is 11.6 Å². The van der Waals surface area contributed by atoms with Crippen LogP contribution in [0.15, 0.2) is 23.2 Å². The standard InChI is InChI=1S/C22H36ClN5O2.HI/c1-24-22(25-15-17-6-9-27(10-7-17)12-13-29-2)26-19-8-11-28(16-19)20-14-18(23)4-5-21(20)30-3;/h4-5,14,17,19H,6-13,15-16H2,1-3H3,(H2,24,25,26);1H. The minimum Gasteiger partial charge on any atom is -0.495 e. The third-order valence-corrected chi connectivity index (χ3v) is 6.35. The van der Waals surface area contributed by atoms with E-state index in [-0.39, 0.29) is 24.0 Å². The van der Waals surface area contributed by atoms with Crippen molar-refractivity contribution in [2.75, 3.05) is 72.0 Å². The fraction of sp³-hybridized carbons (Fsp3) is 0.682. The predicted molar refractivity (Wildman–Crippen MR) is 140 cm³/mol. The lowest BCUT2D eigenvalue weighted by molar-refractivity contribution is 0.121. The van der Waals surface area contributed by atoms with Gasteiger partial charge in [-0.05, 0) is 56.5 Å². The molecule has 2 aliphatic heterocycles. The summed E-state index contributed by atoms with van der Waals surface area (Å²) in [6.07, 6.45) is 3.49. The maximum atomic E-state index is 6.21. The monoisotopic (exact) mass is 565 g/mol. The minimum absolute atomic E-state index is 0. The van der Waals surface area contributed by atoms with E-state index < -0.39 is 0 Å². The second-order valence-corrected chi connectivity index (χ2v) is 8.56. The Hall–Kier alpha value is -0.970. The summed E-state index contributed by atoms with van der Waals surface area (Å²) in [7, 11) is 5.31. The van der Waals surface area contributed by atoms with Crippen LogP contribution in [0.25, 0.3) is 0 Å². The molecule has 31 heavy (non-hydrogen) atoms. The average molecular weight is 566 g/mol. The third kappa shape index (κ3) is 7.83. The van der Waals surface area contributed by atoms with E-state index >= 15 is 0 Å². The van der Waals surface area contributed by atoms with E-state index in [1.807, 2.05) is 25.2 Å². The summed E-state index contributed by atoms with van der Waals surface area (Å²) >= 11 is 6.21. The van der Waals surface area contributed by atoms with E-state index in [0.29, 0.717) is 12.0 Å². The molecule has 1 atom stereocenters. The van der Waals surface area contributed by atoms with Gasteiger partial charge in [-0.2, -0.15) is 0 Å². The fourth-order valence-electron chi connectivity index (χ4n) is 4.27. The number of rotatable bonds is 8.